The Bertz CT molecular complexity index is 1140. The first kappa shape index (κ1) is 18.4. The topological polar surface area (TPSA) is 84.3 Å². The number of nitrogens with zero attached hydrogens (tertiary/aromatic N) is 3. The summed E-state index contributed by atoms with van der Waals surface area (Å²) in [6.45, 7) is 0.0000610. The van der Waals surface area contributed by atoms with Crippen molar-refractivity contribution in [1.29, 1.82) is 0 Å². The van der Waals surface area contributed by atoms with Crippen molar-refractivity contribution in [2.45, 2.75) is 6.54 Å². The van der Waals surface area contributed by atoms with Crippen LogP contribution in [0.2, 0.25) is 0 Å². The largest absolute Gasteiger partial charge is 0.353 e. The third kappa shape index (κ3) is 3.21. The predicted octanol–water partition coefficient (Wildman–Crippen LogP) is 2.79. The van der Waals surface area contributed by atoms with Crippen LogP contribution in [-0.2, 0) is 23.6 Å². The van der Waals surface area contributed by atoms with Crippen LogP contribution in [0, 0.1) is 0 Å². The van der Waals surface area contributed by atoms with Crippen molar-refractivity contribution in [2.24, 2.45) is 7.05 Å². The second-order valence-electron chi connectivity index (χ2n) is 6.79. The van der Waals surface area contributed by atoms with E-state index in [-0.39, 0.29) is 18.9 Å². The number of carbonyl (C=O) groups excluding carboxylic acids is 1. The van der Waals surface area contributed by atoms with E-state index in [1.54, 1.807) is 12.4 Å². The number of para-hydroxylation sites is 1. The average Bonchev–Trinajstić information content (AvgIpc) is 2.95. The summed E-state index contributed by atoms with van der Waals surface area (Å²) in [5, 5.41) is 3.37. The highest BCUT2D eigenvalue weighted by molar-refractivity contribution is 7.88. The molecule has 0 amide bonds. The summed E-state index contributed by atoms with van der Waals surface area (Å²) in [5.74, 6) is -0.221. The van der Waals surface area contributed by atoms with Gasteiger partial charge in [-0.05, 0) is 24.3 Å². The maximum absolute atomic E-state index is 13.0. The number of hydrogen-bond donors (Lipinski definition) is 1. The first-order valence-corrected chi connectivity index (χ1v) is 10.6. The summed E-state index contributed by atoms with van der Waals surface area (Å²) in [6.07, 6.45) is 4.51. The lowest BCUT2D eigenvalue weighted by atomic mass is 10.0. The number of benzene rings is 1. The van der Waals surface area contributed by atoms with Crippen LogP contribution in [0.4, 0.5) is 11.4 Å². The summed E-state index contributed by atoms with van der Waals surface area (Å²) >= 11 is 0. The Kier molecular flexibility index (Phi) is 4.52. The molecule has 28 heavy (non-hydrogen) atoms. The molecule has 0 radical (unpaired) electrons. The van der Waals surface area contributed by atoms with E-state index < -0.39 is 10.0 Å². The molecular formula is C20H20N4O3S. The number of aromatic nitrogens is 2. The third-order valence-electron chi connectivity index (χ3n) is 4.91. The summed E-state index contributed by atoms with van der Waals surface area (Å²) in [6, 6.07) is 13.3. The number of pyridine rings is 1. The summed E-state index contributed by atoms with van der Waals surface area (Å²) in [7, 11) is -1.63. The van der Waals surface area contributed by atoms with Crippen molar-refractivity contribution >= 4 is 27.2 Å². The molecule has 2 aromatic heterocycles. The number of sulfonamides is 1. The van der Waals surface area contributed by atoms with Crippen LogP contribution in [0.15, 0.2) is 54.9 Å². The fraction of sp³-hybridized carbons (Fsp3) is 0.200. The first-order chi connectivity index (χ1) is 13.4. The molecule has 0 unspecified atom stereocenters. The Hall–Kier alpha value is -2.97. The molecule has 1 N–H and O–H groups in total. The van der Waals surface area contributed by atoms with Crippen molar-refractivity contribution in [3.8, 4) is 11.3 Å². The number of nitrogens with one attached hydrogen (secondary N) is 1. The smallest absolute Gasteiger partial charge is 0.211 e. The van der Waals surface area contributed by atoms with Gasteiger partial charge in [0, 0.05) is 36.4 Å². The van der Waals surface area contributed by atoms with Crippen molar-refractivity contribution < 1.29 is 13.2 Å². The lowest BCUT2D eigenvalue weighted by molar-refractivity contribution is 0.0949. The minimum atomic E-state index is -3.48. The molecule has 0 fully saturated rings. The molecule has 1 aliphatic heterocycles. The van der Waals surface area contributed by atoms with Crippen molar-refractivity contribution in [3.63, 3.8) is 0 Å². The number of fused-ring (bicyclic) bond motifs is 1. The minimum absolute atomic E-state index is 0.158. The molecule has 0 saturated heterocycles. The molecule has 1 aromatic carbocycles. The molecule has 0 aliphatic carbocycles. The highest BCUT2D eigenvalue weighted by Crippen LogP contribution is 2.40. The number of rotatable bonds is 4. The van der Waals surface area contributed by atoms with Gasteiger partial charge in [-0.25, -0.2) is 8.42 Å². The van der Waals surface area contributed by atoms with Gasteiger partial charge in [0.05, 0.1) is 36.3 Å². The van der Waals surface area contributed by atoms with Crippen LogP contribution in [0.3, 0.4) is 0 Å². The maximum atomic E-state index is 13.0. The van der Waals surface area contributed by atoms with Gasteiger partial charge in [-0.15, -0.1) is 0 Å². The average molecular weight is 396 g/mol. The van der Waals surface area contributed by atoms with E-state index >= 15 is 0 Å². The zero-order chi connectivity index (χ0) is 19.9. The van der Waals surface area contributed by atoms with Crippen LogP contribution in [-0.4, -0.2) is 40.9 Å². The normalized spacial score (nSPS) is 14.7. The number of Topliss-reactive ketones (excluding diaryl/α,β-unsaturated/α-hetero) is 1. The van der Waals surface area contributed by atoms with E-state index in [9.17, 15) is 13.2 Å². The fourth-order valence-corrected chi connectivity index (χ4v) is 4.26. The molecule has 144 valence electrons. The van der Waals surface area contributed by atoms with Gasteiger partial charge in [-0.3, -0.25) is 9.78 Å². The molecule has 1 aliphatic rings. The van der Waals surface area contributed by atoms with Crippen LogP contribution in [0.1, 0.15) is 16.1 Å². The van der Waals surface area contributed by atoms with Crippen molar-refractivity contribution in [1.82, 2.24) is 13.9 Å². The zero-order valence-electron chi connectivity index (χ0n) is 15.6. The molecule has 4 rings (SSSR count). The number of ketones is 1. The van der Waals surface area contributed by atoms with Gasteiger partial charge in [0.25, 0.3) is 0 Å². The molecule has 3 aromatic rings. The monoisotopic (exact) mass is 396 g/mol. The van der Waals surface area contributed by atoms with Crippen LogP contribution < -0.4 is 5.32 Å². The Labute approximate surface area is 163 Å². The summed E-state index contributed by atoms with van der Waals surface area (Å²) in [5.41, 5.74) is 4.46. The van der Waals surface area contributed by atoms with E-state index in [1.165, 1.54) is 4.31 Å². The van der Waals surface area contributed by atoms with Gasteiger partial charge in [0.2, 0.25) is 10.0 Å². The Morgan fingerprint density at radius 3 is 2.36 bits per heavy atom. The lowest BCUT2D eigenvalue weighted by Crippen LogP contribution is -2.39. The van der Waals surface area contributed by atoms with E-state index in [0.717, 1.165) is 23.2 Å². The van der Waals surface area contributed by atoms with E-state index in [4.69, 9.17) is 0 Å². The number of anilines is 2. The molecule has 0 spiro atoms. The quantitative estimate of drug-likeness (QED) is 0.733. The molecule has 7 nitrogen and oxygen atoms in total. The standard InChI is InChI=1S/C20H20N4O3S/c1-23-16-12-24(28(2,26)27)13-17(25)18(16)19(22-15-6-4-3-5-7-15)20(23)14-8-10-21-11-9-14/h3-11,22H,12-13H2,1-2H3. The van der Waals surface area contributed by atoms with Gasteiger partial charge in [-0.1, -0.05) is 18.2 Å². The highest BCUT2D eigenvalue weighted by atomic mass is 32.2. The molecule has 0 atom stereocenters. The first-order valence-electron chi connectivity index (χ1n) is 8.78. The van der Waals surface area contributed by atoms with Gasteiger partial charge in [-0.2, -0.15) is 4.31 Å². The van der Waals surface area contributed by atoms with E-state index in [2.05, 4.69) is 10.3 Å². The zero-order valence-corrected chi connectivity index (χ0v) is 16.4. The molecule has 3 heterocycles. The van der Waals surface area contributed by atoms with Gasteiger partial charge in [0.15, 0.2) is 5.78 Å². The Morgan fingerprint density at radius 2 is 1.71 bits per heavy atom. The Morgan fingerprint density at radius 1 is 1.04 bits per heavy atom. The van der Waals surface area contributed by atoms with Gasteiger partial charge >= 0.3 is 0 Å². The number of hydrogen-bond acceptors (Lipinski definition) is 5. The summed E-state index contributed by atoms with van der Waals surface area (Å²) < 4.78 is 27.2. The van der Waals surface area contributed by atoms with E-state index in [1.807, 2.05) is 54.1 Å². The second kappa shape index (κ2) is 6.88. The van der Waals surface area contributed by atoms with Crippen molar-refractivity contribution in [2.75, 3.05) is 18.1 Å². The van der Waals surface area contributed by atoms with Crippen molar-refractivity contribution in [3.05, 3.63) is 66.1 Å². The maximum Gasteiger partial charge on any atom is 0.211 e. The predicted molar refractivity (Wildman–Crippen MR) is 108 cm³/mol. The highest BCUT2D eigenvalue weighted by Gasteiger charge is 2.35. The van der Waals surface area contributed by atoms with Gasteiger partial charge < -0.3 is 9.88 Å². The molecular weight excluding hydrogens is 376 g/mol. The number of carbonyl (C=O) groups is 1. The lowest BCUT2D eigenvalue weighted by Gasteiger charge is -2.25. The van der Waals surface area contributed by atoms with Crippen LogP contribution in [0.5, 0.6) is 0 Å². The SMILES string of the molecule is Cn1c2c(c(Nc3ccccc3)c1-c1ccncc1)C(=O)CN(S(C)(=O)=O)C2. The molecule has 0 bridgehead atoms. The van der Waals surface area contributed by atoms with E-state index in [0.29, 0.717) is 16.9 Å². The van der Waals surface area contributed by atoms with Gasteiger partial charge in [0.1, 0.15) is 0 Å². The van der Waals surface area contributed by atoms with Crippen LogP contribution in [0.25, 0.3) is 11.3 Å². The molecule has 0 saturated carbocycles. The summed E-state index contributed by atoms with van der Waals surface area (Å²) in [4.78, 5) is 17.0. The fourth-order valence-electron chi connectivity index (χ4n) is 3.55. The third-order valence-corrected chi connectivity index (χ3v) is 6.10. The minimum Gasteiger partial charge on any atom is -0.353 e. The van der Waals surface area contributed by atoms with Crippen LogP contribution >= 0.6 is 0 Å². The Balaban J connectivity index is 1.93. The second-order valence-corrected chi connectivity index (χ2v) is 8.77. The molecule has 8 heteroatoms.